The van der Waals surface area contributed by atoms with Gasteiger partial charge in [0.25, 0.3) is 5.95 Å². The molecule has 0 spiro atoms. The molecule has 3 N–H and O–H groups in total. The van der Waals surface area contributed by atoms with Crippen molar-refractivity contribution >= 4 is 17.6 Å². The highest BCUT2D eigenvalue weighted by molar-refractivity contribution is 6.39. The molecule has 1 aromatic heterocycles. The number of nitriles is 1. The maximum absolute atomic E-state index is 12.0. The van der Waals surface area contributed by atoms with Crippen molar-refractivity contribution in [2.45, 2.75) is 12.8 Å². The van der Waals surface area contributed by atoms with Crippen LogP contribution >= 0.6 is 0 Å². The SMILES string of the molecule is COC(=O)/C(=N/Nc1nnc(C)n1N)[C@@H](C#N)c1ccccc1. The van der Waals surface area contributed by atoms with E-state index in [1.165, 1.54) is 11.8 Å². The number of ether oxygens (including phenoxy) is 1. The minimum Gasteiger partial charge on any atom is -0.464 e. The number of hydrogen-bond donors (Lipinski definition) is 2. The molecule has 23 heavy (non-hydrogen) atoms. The van der Waals surface area contributed by atoms with Gasteiger partial charge in [0.05, 0.1) is 13.2 Å². The van der Waals surface area contributed by atoms with Gasteiger partial charge in [-0.25, -0.2) is 14.9 Å². The predicted octanol–water partition coefficient (Wildman–Crippen LogP) is 0.549. The molecule has 9 nitrogen and oxygen atoms in total. The van der Waals surface area contributed by atoms with E-state index in [2.05, 4.69) is 20.7 Å². The number of nitrogens with zero attached hydrogens (tertiary/aromatic N) is 5. The Morgan fingerprint density at radius 3 is 2.65 bits per heavy atom. The number of benzene rings is 1. The van der Waals surface area contributed by atoms with Gasteiger partial charge < -0.3 is 10.6 Å². The molecule has 0 saturated carbocycles. The van der Waals surface area contributed by atoms with Crippen LogP contribution in [0.4, 0.5) is 5.95 Å². The Labute approximate surface area is 132 Å². The van der Waals surface area contributed by atoms with Crippen molar-refractivity contribution in [2.75, 3.05) is 18.4 Å². The van der Waals surface area contributed by atoms with Crippen LogP contribution in [0.15, 0.2) is 35.4 Å². The monoisotopic (exact) mass is 313 g/mol. The highest BCUT2D eigenvalue weighted by Crippen LogP contribution is 2.18. The largest absolute Gasteiger partial charge is 0.464 e. The fourth-order valence-corrected chi connectivity index (χ4v) is 1.83. The predicted molar refractivity (Wildman–Crippen MR) is 82.8 cm³/mol. The molecule has 0 radical (unpaired) electrons. The number of aromatic nitrogens is 3. The van der Waals surface area contributed by atoms with Crippen molar-refractivity contribution in [3.8, 4) is 6.07 Å². The third kappa shape index (κ3) is 3.44. The van der Waals surface area contributed by atoms with Crippen molar-refractivity contribution in [1.29, 1.82) is 5.26 Å². The van der Waals surface area contributed by atoms with E-state index in [-0.39, 0.29) is 11.7 Å². The number of carbonyl (C=O) groups excluding carboxylic acids is 1. The lowest BCUT2D eigenvalue weighted by Gasteiger charge is -2.11. The Bertz CT molecular complexity index is 761. The van der Waals surface area contributed by atoms with Gasteiger partial charge in [-0.15, -0.1) is 10.2 Å². The average Bonchev–Trinajstić information content (AvgIpc) is 2.90. The van der Waals surface area contributed by atoms with Gasteiger partial charge in [0.2, 0.25) is 0 Å². The smallest absolute Gasteiger partial charge is 0.355 e. The fourth-order valence-electron chi connectivity index (χ4n) is 1.83. The zero-order chi connectivity index (χ0) is 16.8. The van der Waals surface area contributed by atoms with Crippen LogP contribution in [0.25, 0.3) is 0 Å². The lowest BCUT2D eigenvalue weighted by Crippen LogP contribution is -2.25. The first-order valence-corrected chi connectivity index (χ1v) is 6.62. The lowest BCUT2D eigenvalue weighted by molar-refractivity contribution is -0.132. The van der Waals surface area contributed by atoms with Crippen LogP contribution in [0.2, 0.25) is 0 Å². The third-order valence-electron chi connectivity index (χ3n) is 3.07. The second-order valence-corrected chi connectivity index (χ2v) is 4.51. The first kappa shape index (κ1) is 16.0. The Morgan fingerprint density at radius 2 is 2.13 bits per heavy atom. The molecule has 0 bridgehead atoms. The molecule has 0 aliphatic carbocycles. The lowest BCUT2D eigenvalue weighted by atomic mass is 9.95. The summed E-state index contributed by atoms with van der Waals surface area (Å²) in [5, 5.41) is 20.9. The minimum atomic E-state index is -0.897. The first-order chi connectivity index (χ1) is 11.1. The van der Waals surface area contributed by atoms with E-state index in [0.29, 0.717) is 11.4 Å². The molecular weight excluding hydrogens is 298 g/mol. The Hall–Kier alpha value is -3.41. The van der Waals surface area contributed by atoms with E-state index in [1.54, 1.807) is 31.2 Å². The molecule has 0 saturated heterocycles. The van der Waals surface area contributed by atoms with Crippen LogP contribution in [0.3, 0.4) is 0 Å². The number of methoxy groups -OCH3 is 1. The molecule has 0 unspecified atom stereocenters. The van der Waals surface area contributed by atoms with Crippen LogP contribution in [-0.2, 0) is 9.53 Å². The number of nitrogen functional groups attached to an aromatic ring is 1. The Morgan fingerprint density at radius 1 is 1.43 bits per heavy atom. The molecular formula is C14H15N7O2. The number of anilines is 1. The number of esters is 1. The molecule has 0 fully saturated rings. The molecule has 2 rings (SSSR count). The number of hydrazone groups is 1. The van der Waals surface area contributed by atoms with Gasteiger partial charge in [0, 0.05) is 0 Å². The van der Waals surface area contributed by atoms with Crippen molar-refractivity contribution in [3.05, 3.63) is 41.7 Å². The van der Waals surface area contributed by atoms with Gasteiger partial charge in [-0.05, 0) is 12.5 Å². The minimum absolute atomic E-state index is 0.109. The molecule has 0 amide bonds. The summed E-state index contributed by atoms with van der Waals surface area (Å²) < 4.78 is 5.87. The zero-order valence-corrected chi connectivity index (χ0v) is 12.6. The molecule has 2 aromatic rings. The van der Waals surface area contributed by atoms with Crippen LogP contribution in [0.1, 0.15) is 17.3 Å². The van der Waals surface area contributed by atoms with E-state index in [0.717, 1.165) is 0 Å². The summed E-state index contributed by atoms with van der Waals surface area (Å²) in [4.78, 5) is 12.0. The van der Waals surface area contributed by atoms with Crippen molar-refractivity contribution in [1.82, 2.24) is 14.9 Å². The van der Waals surface area contributed by atoms with Gasteiger partial charge in [0.1, 0.15) is 5.92 Å². The van der Waals surface area contributed by atoms with Crippen LogP contribution in [-0.4, -0.2) is 33.7 Å². The van der Waals surface area contributed by atoms with Crippen LogP contribution in [0, 0.1) is 18.3 Å². The summed E-state index contributed by atoms with van der Waals surface area (Å²) in [7, 11) is 1.22. The number of rotatable bonds is 5. The molecule has 0 aliphatic rings. The van der Waals surface area contributed by atoms with Gasteiger partial charge in [-0.3, -0.25) is 0 Å². The molecule has 1 atom stereocenters. The molecule has 1 aromatic carbocycles. The zero-order valence-electron chi connectivity index (χ0n) is 12.6. The summed E-state index contributed by atoms with van der Waals surface area (Å²) in [6.07, 6.45) is 0. The highest BCUT2D eigenvalue weighted by atomic mass is 16.5. The quantitative estimate of drug-likeness (QED) is 0.356. The highest BCUT2D eigenvalue weighted by Gasteiger charge is 2.26. The van der Waals surface area contributed by atoms with Crippen molar-refractivity contribution < 1.29 is 9.53 Å². The summed E-state index contributed by atoms with van der Waals surface area (Å²) in [6, 6.07) is 10.8. The fraction of sp³-hybridized carbons (Fsp3) is 0.214. The summed E-state index contributed by atoms with van der Waals surface area (Å²) in [6.45, 7) is 1.66. The topological polar surface area (TPSA) is 131 Å². The normalized spacial score (nSPS) is 12.3. The summed E-state index contributed by atoms with van der Waals surface area (Å²) >= 11 is 0. The number of nitrogens with two attached hydrogens (primary N) is 1. The maximum Gasteiger partial charge on any atom is 0.355 e. The number of carbonyl (C=O) groups is 1. The number of nitrogens with one attached hydrogen (secondary N) is 1. The molecule has 1 heterocycles. The number of aryl methyl sites for hydroxylation is 1. The van der Waals surface area contributed by atoms with Gasteiger partial charge >= 0.3 is 5.97 Å². The number of hydrogen-bond acceptors (Lipinski definition) is 8. The van der Waals surface area contributed by atoms with Gasteiger partial charge in [-0.2, -0.15) is 10.4 Å². The van der Waals surface area contributed by atoms with Gasteiger partial charge in [0.15, 0.2) is 11.5 Å². The summed E-state index contributed by atoms with van der Waals surface area (Å²) in [5.74, 6) is 4.66. The molecule has 9 heteroatoms. The Balaban J connectivity index is 2.36. The third-order valence-corrected chi connectivity index (χ3v) is 3.07. The van der Waals surface area contributed by atoms with E-state index < -0.39 is 11.9 Å². The average molecular weight is 313 g/mol. The van der Waals surface area contributed by atoms with E-state index in [4.69, 9.17) is 10.6 Å². The standard InChI is InChI=1S/C14H15N7O2/c1-9-17-19-14(21(9)16)20-18-12(13(22)23-2)11(8-15)10-6-4-3-5-7-10/h3-7,11H,16H2,1-2H3,(H,19,20)/b18-12+/t11-/m0/s1. The van der Waals surface area contributed by atoms with E-state index >= 15 is 0 Å². The molecule has 0 aliphatic heterocycles. The second kappa shape index (κ2) is 7.04. The maximum atomic E-state index is 12.0. The second-order valence-electron chi connectivity index (χ2n) is 4.51. The van der Waals surface area contributed by atoms with Crippen LogP contribution in [0.5, 0.6) is 0 Å². The van der Waals surface area contributed by atoms with Crippen molar-refractivity contribution in [2.24, 2.45) is 5.10 Å². The van der Waals surface area contributed by atoms with Crippen LogP contribution < -0.4 is 11.3 Å². The van der Waals surface area contributed by atoms with Gasteiger partial charge in [-0.1, -0.05) is 30.3 Å². The molecule has 118 valence electrons. The van der Waals surface area contributed by atoms with E-state index in [9.17, 15) is 10.1 Å². The summed E-state index contributed by atoms with van der Waals surface area (Å²) in [5.41, 5.74) is 3.04. The Kier molecular flexibility index (Phi) is 4.89. The van der Waals surface area contributed by atoms with Crippen molar-refractivity contribution in [3.63, 3.8) is 0 Å². The van der Waals surface area contributed by atoms with E-state index in [1.807, 2.05) is 12.1 Å². The first-order valence-electron chi connectivity index (χ1n) is 6.62.